The molecule has 128 valence electrons. The number of pyridine rings is 1. The molecule has 0 saturated carbocycles. The van der Waals surface area contributed by atoms with Crippen molar-refractivity contribution >= 4 is 17.2 Å². The van der Waals surface area contributed by atoms with E-state index in [0.29, 0.717) is 11.6 Å². The van der Waals surface area contributed by atoms with Gasteiger partial charge in [0.15, 0.2) is 0 Å². The summed E-state index contributed by atoms with van der Waals surface area (Å²) in [6.45, 7) is 5.98. The summed E-state index contributed by atoms with van der Waals surface area (Å²) in [5.41, 5.74) is 1.68. The second-order valence-corrected chi connectivity index (χ2v) is 7.17. The highest BCUT2D eigenvalue weighted by atomic mass is 32.1. The summed E-state index contributed by atoms with van der Waals surface area (Å²) in [7, 11) is 0. The fourth-order valence-corrected chi connectivity index (χ4v) is 3.72. The lowest BCUT2D eigenvalue weighted by Gasteiger charge is -2.31. The van der Waals surface area contributed by atoms with Crippen LogP contribution < -0.4 is 5.32 Å². The summed E-state index contributed by atoms with van der Waals surface area (Å²) < 4.78 is 0. The van der Waals surface area contributed by atoms with Gasteiger partial charge in [0.25, 0.3) is 5.91 Å². The third kappa shape index (κ3) is 4.61. The number of rotatable bonds is 6. The van der Waals surface area contributed by atoms with Gasteiger partial charge < -0.3 is 5.32 Å². The van der Waals surface area contributed by atoms with Gasteiger partial charge in [-0.25, -0.2) is 4.98 Å². The van der Waals surface area contributed by atoms with E-state index in [2.05, 4.69) is 32.5 Å². The van der Waals surface area contributed by atoms with Gasteiger partial charge in [-0.1, -0.05) is 13.0 Å². The van der Waals surface area contributed by atoms with Crippen molar-refractivity contribution < 1.29 is 4.79 Å². The third-order valence-corrected chi connectivity index (χ3v) is 5.49. The van der Waals surface area contributed by atoms with Crippen LogP contribution in [0.25, 0.3) is 0 Å². The molecule has 5 nitrogen and oxygen atoms in total. The molecule has 1 fully saturated rings. The van der Waals surface area contributed by atoms with E-state index < -0.39 is 0 Å². The number of thiazole rings is 1. The molecule has 0 spiro atoms. The molecule has 2 aromatic heterocycles. The Morgan fingerprint density at radius 2 is 2.21 bits per heavy atom. The first-order chi connectivity index (χ1) is 11.7. The molecule has 1 aliphatic heterocycles. The van der Waals surface area contributed by atoms with Crippen LogP contribution in [0.2, 0.25) is 0 Å². The van der Waals surface area contributed by atoms with Crippen molar-refractivity contribution in [3.8, 4) is 0 Å². The zero-order chi connectivity index (χ0) is 16.8. The molecular weight excluding hydrogens is 320 g/mol. The van der Waals surface area contributed by atoms with Crippen molar-refractivity contribution in [3.63, 3.8) is 0 Å². The maximum absolute atomic E-state index is 12.0. The van der Waals surface area contributed by atoms with Crippen molar-refractivity contribution in [2.45, 2.75) is 32.7 Å². The maximum Gasteiger partial charge on any atom is 0.269 e. The molecule has 3 heterocycles. The van der Waals surface area contributed by atoms with E-state index in [-0.39, 0.29) is 5.91 Å². The first-order valence-corrected chi connectivity index (χ1v) is 9.47. The smallest absolute Gasteiger partial charge is 0.269 e. The number of nitrogens with one attached hydrogen (secondary N) is 1. The molecule has 3 rings (SSSR count). The standard InChI is InChI=1S/C18H24N4OS/c1-2-17-21-15(13-24-17)12-22-9-6-14(7-10-22)11-20-18(23)16-5-3-4-8-19-16/h3-5,8,13-14H,2,6-7,9-12H2,1H3,(H,20,23). The largest absolute Gasteiger partial charge is 0.350 e. The van der Waals surface area contributed by atoms with Crippen LogP contribution >= 0.6 is 11.3 Å². The normalized spacial score (nSPS) is 16.2. The van der Waals surface area contributed by atoms with Gasteiger partial charge in [0.2, 0.25) is 0 Å². The zero-order valence-corrected chi connectivity index (χ0v) is 14.9. The molecular formula is C18H24N4OS. The lowest BCUT2D eigenvalue weighted by Crippen LogP contribution is -2.38. The molecule has 24 heavy (non-hydrogen) atoms. The number of hydrogen-bond acceptors (Lipinski definition) is 5. The van der Waals surface area contributed by atoms with Gasteiger partial charge >= 0.3 is 0 Å². The molecule has 2 aromatic rings. The minimum Gasteiger partial charge on any atom is -0.350 e. The molecule has 6 heteroatoms. The highest BCUT2D eigenvalue weighted by Crippen LogP contribution is 2.19. The Bertz CT molecular complexity index is 650. The average molecular weight is 344 g/mol. The Morgan fingerprint density at radius 3 is 2.88 bits per heavy atom. The Morgan fingerprint density at radius 1 is 1.38 bits per heavy atom. The molecule has 0 aromatic carbocycles. The Labute approximate surface area is 147 Å². The highest BCUT2D eigenvalue weighted by molar-refractivity contribution is 7.09. The van der Waals surface area contributed by atoms with Crippen LogP contribution in [0, 0.1) is 5.92 Å². The summed E-state index contributed by atoms with van der Waals surface area (Å²) in [5.74, 6) is 0.475. The molecule has 1 N–H and O–H groups in total. The molecule has 1 saturated heterocycles. The Balaban J connectivity index is 1.40. The van der Waals surface area contributed by atoms with Crippen LogP contribution in [0.1, 0.15) is 41.0 Å². The molecule has 0 unspecified atom stereocenters. The summed E-state index contributed by atoms with van der Waals surface area (Å²) in [6.07, 6.45) is 4.90. The second kappa shape index (κ2) is 8.35. The van der Waals surface area contributed by atoms with Crippen molar-refractivity contribution in [2.24, 2.45) is 5.92 Å². The summed E-state index contributed by atoms with van der Waals surface area (Å²) in [5, 5.41) is 6.41. The predicted octanol–water partition coefficient (Wildman–Crippen LogP) is 2.74. The topological polar surface area (TPSA) is 58.1 Å². The maximum atomic E-state index is 12.0. The SMILES string of the molecule is CCc1nc(CN2CCC(CNC(=O)c3ccccn3)CC2)cs1. The van der Waals surface area contributed by atoms with E-state index in [1.807, 2.05) is 12.1 Å². The number of amides is 1. The zero-order valence-electron chi connectivity index (χ0n) is 14.1. The van der Waals surface area contributed by atoms with Crippen molar-refractivity contribution in [2.75, 3.05) is 19.6 Å². The van der Waals surface area contributed by atoms with E-state index in [9.17, 15) is 4.79 Å². The third-order valence-electron chi connectivity index (χ3n) is 4.44. The summed E-state index contributed by atoms with van der Waals surface area (Å²) in [6, 6.07) is 5.40. The number of hydrogen-bond donors (Lipinski definition) is 1. The van der Waals surface area contributed by atoms with Gasteiger partial charge in [0.1, 0.15) is 5.69 Å². The number of aryl methyl sites for hydroxylation is 1. The van der Waals surface area contributed by atoms with E-state index >= 15 is 0 Å². The quantitative estimate of drug-likeness (QED) is 0.875. The van der Waals surface area contributed by atoms with Crippen LogP contribution in [0.5, 0.6) is 0 Å². The van der Waals surface area contributed by atoms with E-state index in [4.69, 9.17) is 0 Å². The molecule has 1 amide bonds. The number of carbonyl (C=O) groups is 1. The van der Waals surface area contributed by atoms with Crippen LogP contribution in [0.4, 0.5) is 0 Å². The second-order valence-electron chi connectivity index (χ2n) is 6.23. The van der Waals surface area contributed by atoms with Crippen LogP contribution in [-0.2, 0) is 13.0 Å². The fraction of sp³-hybridized carbons (Fsp3) is 0.500. The monoisotopic (exact) mass is 344 g/mol. The van der Waals surface area contributed by atoms with Crippen molar-refractivity contribution in [1.29, 1.82) is 0 Å². The lowest BCUT2D eigenvalue weighted by molar-refractivity contribution is 0.0930. The van der Waals surface area contributed by atoms with Crippen LogP contribution in [0.15, 0.2) is 29.8 Å². The van der Waals surface area contributed by atoms with Gasteiger partial charge in [-0.15, -0.1) is 11.3 Å². The summed E-state index contributed by atoms with van der Waals surface area (Å²) in [4.78, 5) is 23.2. The van der Waals surface area contributed by atoms with Crippen molar-refractivity contribution in [1.82, 2.24) is 20.2 Å². The lowest BCUT2D eigenvalue weighted by atomic mass is 9.96. The number of carbonyl (C=O) groups excluding carboxylic acids is 1. The van der Waals surface area contributed by atoms with E-state index in [1.165, 1.54) is 10.7 Å². The van der Waals surface area contributed by atoms with Crippen LogP contribution in [0.3, 0.4) is 0 Å². The van der Waals surface area contributed by atoms with E-state index in [0.717, 1.165) is 45.4 Å². The predicted molar refractivity (Wildman–Crippen MR) is 96.1 cm³/mol. The number of aromatic nitrogens is 2. The van der Waals surface area contributed by atoms with Crippen molar-refractivity contribution in [3.05, 3.63) is 46.2 Å². The van der Waals surface area contributed by atoms with Gasteiger partial charge in [0, 0.05) is 24.7 Å². The van der Waals surface area contributed by atoms with Gasteiger partial charge in [-0.2, -0.15) is 0 Å². The first kappa shape index (κ1) is 17.0. The molecule has 1 aliphatic rings. The fourth-order valence-electron chi connectivity index (χ4n) is 2.99. The number of nitrogens with zero attached hydrogens (tertiary/aromatic N) is 3. The van der Waals surface area contributed by atoms with Crippen LogP contribution in [-0.4, -0.2) is 40.4 Å². The van der Waals surface area contributed by atoms with Gasteiger partial charge in [-0.05, 0) is 50.4 Å². The Hall–Kier alpha value is -1.79. The Kier molecular flexibility index (Phi) is 5.93. The van der Waals surface area contributed by atoms with Gasteiger partial charge in [-0.3, -0.25) is 14.7 Å². The molecule has 0 radical (unpaired) electrons. The highest BCUT2D eigenvalue weighted by Gasteiger charge is 2.20. The molecule has 0 aliphatic carbocycles. The molecule has 0 bridgehead atoms. The van der Waals surface area contributed by atoms with Gasteiger partial charge in [0.05, 0.1) is 10.7 Å². The van der Waals surface area contributed by atoms with E-state index in [1.54, 1.807) is 23.6 Å². The number of piperidine rings is 1. The first-order valence-electron chi connectivity index (χ1n) is 8.59. The molecule has 0 atom stereocenters. The number of likely N-dealkylation sites (tertiary alicyclic amines) is 1. The minimum absolute atomic E-state index is 0.0763. The average Bonchev–Trinajstić information content (AvgIpc) is 3.09. The minimum atomic E-state index is -0.0763. The summed E-state index contributed by atoms with van der Waals surface area (Å²) >= 11 is 1.76.